The average Bonchev–Trinajstić information content (AvgIpc) is 2.61. The van der Waals surface area contributed by atoms with Crippen LogP contribution in [0.3, 0.4) is 0 Å². The van der Waals surface area contributed by atoms with Crippen molar-refractivity contribution in [2.24, 2.45) is 0 Å². The van der Waals surface area contributed by atoms with Gasteiger partial charge in [-0.25, -0.2) is 8.78 Å². The van der Waals surface area contributed by atoms with E-state index < -0.39 is 23.4 Å². The van der Waals surface area contributed by atoms with Crippen molar-refractivity contribution in [2.45, 2.75) is 12.8 Å². The van der Waals surface area contributed by atoms with Crippen molar-refractivity contribution in [3.05, 3.63) is 83.7 Å². The predicted molar refractivity (Wildman–Crippen MR) is 85.4 cm³/mol. The maximum absolute atomic E-state index is 13.6. The third kappa shape index (κ3) is 4.17. The molecule has 134 valence electrons. The lowest BCUT2D eigenvalue weighted by atomic mass is 10.0. The number of nitrogens with zero attached hydrogens (tertiary/aromatic N) is 1. The molecule has 7 heteroatoms. The molecule has 3 rings (SSSR count). The quantitative estimate of drug-likeness (QED) is 0.560. The van der Waals surface area contributed by atoms with Gasteiger partial charge < -0.3 is 4.74 Å². The van der Waals surface area contributed by atoms with Gasteiger partial charge in [0.25, 0.3) is 0 Å². The molecule has 0 bridgehead atoms. The summed E-state index contributed by atoms with van der Waals surface area (Å²) in [6.07, 6.45) is -1.56. The number of ether oxygens (including phenoxy) is 1. The second kappa shape index (κ2) is 7.11. The van der Waals surface area contributed by atoms with Crippen LogP contribution in [0.15, 0.2) is 60.9 Å². The smallest absolute Gasteiger partial charge is 0.416 e. The molecular weight excluding hydrogens is 353 g/mol. The third-order valence-electron chi connectivity index (χ3n) is 3.61. The van der Waals surface area contributed by atoms with E-state index in [-0.39, 0.29) is 12.4 Å². The van der Waals surface area contributed by atoms with E-state index in [1.807, 2.05) is 0 Å². The molecule has 2 nitrogen and oxygen atoms in total. The van der Waals surface area contributed by atoms with E-state index in [9.17, 15) is 22.0 Å². The Morgan fingerprint density at radius 2 is 1.69 bits per heavy atom. The number of pyridine rings is 1. The fourth-order valence-electron chi connectivity index (χ4n) is 2.35. The summed E-state index contributed by atoms with van der Waals surface area (Å²) in [5.74, 6) is -1.69. The van der Waals surface area contributed by atoms with Crippen LogP contribution in [0, 0.1) is 11.6 Å². The molecule has 0 aliphatic carbocycles. The Morgan fingerprint density at radius 3 is 2.42 bits per heavy atom. The van der Waals surface area contributed by atoms with Gasteiger partial charge >= 0.3 is 6.18 Å². The maximum atomic E-state index is 13.6. The lowest BCUT2D eigenvalue weighted by Gasteiger charge is -2.10. The first-order valence-electron chi connectivity index (χ1n) is 7.52. The van der Waals surface area contributed by atoms with Crippen LogP contribution in [-0.4, -0.2) is 4.98 Å². The molecule has 0 saturated heterocycles. The Kier molecular flexibility index (Phi) is 4.88. The minimum absolute atomic E-state index is 0.0671. The van der Waals surface area contributed by atoms with Crippen LogP contribution in [0.25, 0.3) is 11.1 Å². The molecular formula is C19H12F5NO. The minimum atomic E-state index is -4.44. The fraction of sp³-hybridized carbons (Fsp3) is 0.105. The zero-order valence-corrected chi connectivity index (χ0v) is 13.2. The molecule has 0 aliphatic heterocycles. The number of alkyl halides is 3. The second-order valence-corrected chi connectivity index (χ2v) is 5.52. The highest BCUT2D eigenvalue weighted by molar-refractivity contribution is 5.64. The van der Waals surface area contributed by atoms with Gasteiger partial charge in [-0.1, -0.05) is 12.1 Å². The normalized spacial score (nSPS) is 11.4. The van der Waals surface area contributed by atoms with Gasteiger partial charge in [-0.05, 0) is 35.9 Å². The number of benzene rings is 2. The molecule has 0 radical (unpaired) electrons. The van der Waals surface area contributed by atoms with Gasteiger partial charge in [0.05, 0.1) is 5.56 Å². The van der Waals surface area contributed by atoms with Crippen LogP contribution in [-0.2, 0) is 12.8 Å². The highest BCUT2D eigenvalue weighted by atomic mass is 19.4. The van der Waals surface area contributed by atoms with E-state index in [0.717, 1.165) is 24.3 Å². The average molecular weight is 365 g/mol. The molecule has 1 heterocycles. The first kappa shape index (κ1) is 17.8. The molecule has 0 amide bonds. The number of hydrogen-bond acceptors (Lipinski definition) is 2. The molecule has 0 spiro atoms. The number of halogens is 5. The van der Waals surface area contributed by atoms with Crippen molar-refractivity contribution in [3.63, 3.8) is 0 Å². The molecule has 0 saturated carbocycles. The summed E-state index contributed by atoms with van der Waals surface area (Å²) in [4.78, 5) is 3.99. The van der Waals surface area contributed by atoms with E-state index in [1.165, 1.54) is 24.5 Å². The van der Waals surface area contributed by atoms with E-state index in [0.29, 0.717) is 22.8 Å². The van der Waals surface area contributed by atoms with Crippen molar-refractivity contribution in [2.75, 3.05) is 0 Å². The maximum Gasteiger partial charge on any atom is 0.416 e. The standard InChI is InChI=1S/C19H12F5NO/c20-16-4-5-18(17(21)8-16)26-11-12-6-14(10-25-9-12)13-2-1-3-15(7-13)19(22,23)24/h1-10H,11H2. The molecule has 0 N–H and O–H groups in total. The van der Waals surface area contributed by atoms with E-state index in [4.69, 9.17) is 4.74 Å². The van der Waals surface area contributed by atoms with Gasteiger partial charge in [0.1, 0.15) is 12.4 Å². The Labute approximate surface area is 145 Å². The van der Waals surface area contributed by atoms with Crippen LogP contribution < -0.4 is 4.74 Å². The minimum Gasteiger partial charge on any atom is -0.486 e. The van der Waals surface area contributed by atoms with E-state index in [2.05, 4.69) is 4.98 Å². The molecule has 1 aromatic heterocycles. The zero-order valence-electron chi connectivity index (χ0n) is 13.2. The second-order valence-electron chi connectivity index (χ2n) is 5.52. The molecule has 0 unspecified atom stereocenters. The van der Waals surface area contributed by atoms with Crippen LogP contribution >= 0.6 is 0 Å². The van der Waals surface area contributed by atoms with E-state index >= 15 is 0 Å². The van der Waals surface area contributed by atoms with E-state index in [1.54, 1.807) is 6.07 Å². The van der Waals surface area contributed by atoms with Crippen molar-refractivity contribution in [3.8, 4) is 16.9 Å². The highest BCUT2D eigenvalue weighted by Gasteiger charge is 2.30. The van der Waals surface area contributed by atoms with Crippen LogP contribution in [0.5, 0.6) is 5.75 Å². The predicted octanol–water partition coefficient (Wildman–Crippen LogP) is 5.62. The van der Waals surface area contributed by atoms with Gasteiger partial charge in [-0.2, -0.15) is 13.2 Å². The number of aromatic nitrogens is 1. The van der Waals surface area contributed by atoms with Gasteiger partial charge in [0, 0.05) is 29.6 Å². The molecule has 0 atom stereocenters. The zero-order chi connectivity index (χ0) is 18.7. The molecule has 0 fully saturated rings. The van der Waals surface area contributed by atoms with Gasteiger partial charge in [-0.15, -0.1) is 0 Å². The van der Waals surface area contributed by atoms with Gasteiger partial charge in [0.2, 0.25) is 0 Å². The summed E-state index contributed by atoms with van der Waals surface area (Å²) in [6, 6.07) is 9.40. The first-order chi connectivity index (χ1) is 12.3. The van der Waals surface area contributed by atoms with Crippen LogP contribution in [0.2, 0.25) is 0 Å². The van der Waals surface area contributed by atoms with Crippen molar-refractivity contribution >= 4 is 0 Å². The van der Waals surface area contributed by atoms with Crippen molar-refractivity contribution in [1.82, 2.24) is 4.98 Å². The molecule has 3 aromatic rings. The Bertz CT molecular complexity index is 924. The summed E-state index contributed by atoms with van der Waals surface area (Å²) < 4.78 is 70.3. The molecule has 2 aromatic carbocycles. The number of hydrogen-bond donors (Lipinski definition) is 0. The van der Waals surface area contributed by atoms with Crippen molar-refractivity contribution < 1.29 is 26.7 Å². The van der Waals surface area contributed by atoms with Crippen LogP contribution in [0.1, 0.15) is 11.1 Å². The first-order valence-corrected chi connectivity index (χ1v) is 7.52. The summed E-state index contributed by atoms with van der Waals surface area (Å²) in [5.41, 5.74) is 0.590. The lowest BCUT2D eigenvalue weighted by molar-refractivity contribution is -0.137. The fourth-order valence-corrected chi connectivity index (χ4v) is 2.35. The summed E-state index contributed by atoms with van der Waals surface area (Å²) in [7, 11) is 0. The Morgan fingerprint density at radius 1 is 0.885 bits per heavy atom. The summed E-state index contributed by atoms with van der Waals surface area (Å²) >= 11 is 0. The van der Waals surface area contributed by atoms with Gasteiger partial charge in [0.15, 0.2) is 11.6 Å². The highest BCUT2D eigenvalue weighted by Crippen LogP contribution is 2.32. The largest absolute Gasteiger partial charge is 0.486 e. The van der Waals surface area contributed by atoms with Gasteiger partial charge in [-0.3, -0.25) is 4.98 Å². The topological polar surface area (TPSA) is 22.1 Å². The SMILES string of the molecule is Fc1ccc(OCc2cncc(-c3cccc(C(F)(F)F)c3)c2)c(F)c1. The Hall–Kier alpha value is -2.96. The lowest BCUT2D eigenvalue weighted by Crippen LogP contribution is -2.04. The third-order valence-corrected chi connectivity index (χ3v) is 3.61. The monoisotopic (exact) mass is 365 g/mol. The molecule has 0 aliphatic rings. The number of rotatable bonds is 4. The van der Waals surface area contributed by atoms with Crippen LogP contribution in [0.4, 0.5) is 22.0 Å². The summed E-state index contributed by atoms with van der Waals surface area (Å²) in [6.45, 7) is -0.0671. The van der Waals surface area contributed by atoms with Crippen molar-refractivity contribution in [1.29, 1.82) is 0 Å². The summed E-state index contributed by atoms with van der Waals surface area (Å²) in [5, 5.41) is 0. The Balaban J connectivity index is 1.80. The molecule has 26 heavy (non-hydrogen) atoms.